The Morgan fingerprint density at radius 3 is 2.24 bits per heavy atom. The summed E-state index contributed by atoms with van der Waals surface area (Å²) in [5.41, 5.74) is 0.729. The summed E-state index contributed by atoms with van der Waals surface area (Å²) in [4.78, 5) is 0. The highest BCUT2D eigenvalue weighted by molar-refractivity contribution is 9.10. The van der Waals surface area contributed by atoms with Crippen LogP contribution in [0.5, 0.6) is 0 Å². The summed E-state index contributed by atoms with van der Waals surface area (Å²) in [5, 5.41) is 13.0. The van der Waals surface area contributed by atoms with Gasteiger partial charge in [-0.15, -0.1) is 0 Å². The van der Waals surface area contributed by atoms with E-state index in [1.54, 1.807) is 0 Å². The van der Waals surface area contributed by atoms with Gasteiger partial charge in [0.15, 0.2) is 0 Å². The van der Waals surface area contributed by atoms with Crippen LogP contribution in [0.25, 0.3) is 0 Å². The van der Waals surface area contributed by atoms with Gasteiger partial charge in [0.25, 0.3) is 0 Å². The highest BCUT2D eigenvalue weighted by Gasteiger charge is 2.18. The maximum atomic E-state index is 13.6. The third-order valence-corrected chi connectivity index (χ3v) is 3.85. The molecule has 2 nitrogen and oxygen atoms in total. The zero-order valence-corrected chi connectivity index (χ0v) is 13.1. The zero-order valence-electron chi connectivity index (χ0n) is 11.5. The summed E-state index contributed by atoms with van der Waals surface area (Å²) in [6, 6.07) is 11.2. The Bertz CT molecular complexity index is 583. The Kier molecular flexibility index (Phi) is 5.45. The van der Waals surface area contributed by atoms with Crippen molar-refractivity contribution >= 4 is 15.9 Å². The van der Waals surface area contributed by atoms with Crippen LogP contribution in [0.2, 0.25) is 0 Å². The molecule has 5 heteroatoms. The number of aliphatic hydroxyl groups is 1. The molecule has 1 unspecified atom stereocenters. The molecule has 0 fully saturated rings. The lowest BCUT2D eigenvalue weighted by Crippen LogP contribution is -2.25. The molecule has 0 heterocycles. The Balaban J connectivity index is 2.00. The standard InChI is InChI=1S/C16H16BrF2NO/c1-10(11-5-7-12(17)8-6-11)20-9-15(21)16-13(18)3-2-4-14(16)19/h2-8,10,15,20-21H,9H2,1H3/t10-,15?/m1/s1. The summed E-state index contributed by atoms with van der Waals surface area (Å²) in [6.45, 7) is 1.99. The first kappa shape index (κ1) is 16.1. The van der Waals surface area contributed by atoms with Gasteiger partial charge in [0, 0.05) is 17.1 Å². The largest absolute Gasteiger partial charge is 0.387 e. The summed E-state index contributed by atoms with van der Waals surface area (Å²) in [7, 11) is 0. The highest BCUT2D eigenvalue weighted by Crippen LogP contribution is 2.21. The van der Waals surface area contributed by atoms with Crippen LogP contribution >= 0.6 is 15.9 Å². The van der Waals surface area contributed by atoms with Crippen LogP contribution in [-0.4, -0.2) is 11.7 Å². The van der Waals surface area contributed by atoms with Gasteiger partial charge in [0.2, 0.25) is 0 Å². The van der Waals surface area contributed by atoms with Crippen molar-refractivity contribution in [3.8, 4) is 0 Å². The number of rotatable bonds is 5. The molecule has 2 aromatic carbocycles. The van der Waals surface area contributed by atoms with Gasteiger partial charge in [-0.25, -0.2) is 8.78 Å². The molecule has 2 N–H and O–H groups in total. The van der Waals surface area contributed by atoms with E-state index in [-0.39, 0.29) is 18.2 Å². The van der Waals surface area contributed by atoms with Gasteiger partial charge < -0.3 is 10.4 Å². The predicted molar refractivity (Wildman–Crippen MR) is 81.9 cm³/mol. The normalized spacial score (nSPS) is 14.0. The lowest BCUT2D eigenvalue weighted by Gasteiger charge is -2.18. The number of hydrogen-bond donors (Lipinski definition) is 2. The molecule has 21 heavy (non-hydrogen) atoms. The number of halogens is 3. The van der Waals surface area contributed by atoms with E-state index in [9.17, 15) is 13.9 Å². The molecule has 0 aliphatic carbocycles. The van der Waals surface area contributed by atoms with Gasteiger partial charge in [0.1, 0.15) is 11.6 Å². The fourth-order valence-electron chi connectivity index (χ4n) is 2.09. The van der Waals surface area contributed by atoms with Crippen LogP contribution in [0.15, 0.2) is 46.9 Å². The predicted octanol–water partition coefficient (Wildman–Crippen LogP) is 4.11. The van der Waals surface area contributed by atoms with E-state index in [0.29, 0.717) is 0 Å². The lowest BCUT2D eigenvalue weighted by atomic mass is 10.1. The molecule has 2 atom stereocenters. The summed E-state index contributed by atoms with van der Waals surface area (Å²) in [5.74, 6) is -1.47. The fraction of sp³-hybridized carbons (Fsp3) is 0.250. The van der Waals surface area contributed by atoms with Gasteiger partial charge in [-0.3, -0.25) is 0 Å². The van der Waals surface area contributed by atoms with E-state index in [1.807, 2.05) is 31.2 Å². The molecule has 112 valence electrons. The molecule has 0 spiro atoms. The van der Waals surface area contributed by atoms with Crippen molar-refractivity contribution in [1.29, 1.82) is 0 Å². The molecule has 0 aliphatic heterocycles. The van der Waals surface area contributed by atoms with Gasteiger partial charge in [-0.1, -0.05) is 34.1 Å². The molecule has 0 radical (unpaired) electrons. The van der Waals surface area contributed by atoms with Crippen molar-refractivity contribution in [3.05, 3.63) is 69.7 Å². The van der Waals surface area contributed by atoms with Gasteiger partial charge in [-0.05, 0) is 36.8 Å². The first-order chi connectivity index (χ1) is 9.99. The van der Waals surface area contributed by atoms with E-state index in [1.165, 1.54) is 6.07 Å². The van der Waals surface area contributed by atoms with E-state index in [2.05, 4.69) is 21.2 Å². The molecule has 0 saturated heterocycles. The average Bonchev–Trinajstić information content (AvgIpc) is 2.45. The first-order valence-corrected chi connectivity index (χ1v) is 7.39. The van der Waals surface area contributed by atoms with E-state index in [4.69, 9.17) is 0 Å². The smallest absolute Gasteiger partial charge is 0.131 e. The number of aliphatic hydroxyl groups excluding tert-OH is 1. The van der Waals surface area contributed by atoms with Crippen LogP contribution in [0, 0.1) is 11.6 Å². The number of nitrogens with one attached hydrogen (secondary N) is 1. The monoisotopic (exact) mass is 355 g/mol. The van der Waals surface area contributed by atoms with Crippen molar-refractivity contribution in [3.63, 3.8) is 0 Å². The minimum atomic E-state index is -1.23. The third-order valence-electron chi connectivity index (χ3n) is 3.32. The lowest BCUT2D eigenvalue weighted by molar-refractivity contribution is 0.161. The number of hydrogen-bond acceptors (Lipinski definition) is 2. The van der Waals surface area contributed by atoms with Crippen LogP contribution < -0.4 is 5.32 Å². The second kappa shape index (κ2) is 7.11. The quantitative estimate of drug-likeness (QED) is 0.845. The van der Waals surface area contributed by atoms with E-state index in [0.717, 1.165) is 22.2 Å². The molecule has 0 aromatic heterocycles. The van der Waals surface area contributed by atoms with E-state index >= 15 is 0 Å². The van der Waals surface area contributed by atoms with E-state index < -0.39 is 17.7 Å². The third kappa shape index (κ3) is 4.09. The molecule has 2 rings (SSSR count). The Labute approximate surface area is 130 Å². The molecule has 2 aromatic rings. The maximum absolute atomic E-state index is 13.6. The second-order valence-corrected chi connectivity index (χ2v) is 5.75. The van der Waals surface area contributed by atoms with Crippen LogP contribution in [0.4, 0.5) is 8.78 Å². The Morgan fingerprint density at radius 2 is 1.67 bits per heavy atom. The van der Waals surface area contributed by atoms with Crippen molar-refractivity contribution in [2.45, 2.75) is 19.1 Å². The van der Waals surface area contributed by atoms with Gasteiger partial charge >= 0.3 is 0 Å². The van der Waals surface area contributed by atoms with Crippen molar-refractivity contribution < 1.29 is 13.9 Å². The minimum Gasteiger partial charge on any atom is -0.387 e. The Hall–Kier alpha value is -1.30. The summed E-state index contributed by atoms with van der Waals surface area (Å²) < 4.78 is 28.1. The maximum Gasteiger partial charge on any atom is 0.131 e. The molecular formula is C16H16BrF2NO. The van der Waals surface area contributed by atoms with Crippen LogP contribution in [-0.2, 0) is 0 Å². The second-order valence-electron chi connectivity index (χ2n) is 4.83. The van der Waals surface area contributed by atoms with Gasteiger partial charge in [-0.2, -0.15) is 0 Å². The summed E-state index contributed by atoms with van der Waals surface area (Å²) in [6.07, 6.45) is -1.23. The molecule has 0 aliphatic rings. The van der Waals surface area contributed by atoms with Crippen molar-refractivity contribution in [2.75, 3.05) is 6.54 Å². The van der Waals surface area contributed by atoms with Crippen molar-refractivity contribution in [1.82, 2.24) is 5.32 Å². The molecule has 0 amide bonds. The zero-order chi connectivity index (χ0) is 15.4. The minimum absolute atomic E-state index is 0.0393. The SMILES string of the molecule is C[C@@H](NCC(O)c1c(F)cccc1F)c1ccc(Br)cc1. The van der Waals surface area contributed by atoms with Crippen molar-refractivity contribution in [2.24, 2.45) is 0 Å². The molecule has 0 bridgehead atoms. The van der Waals surface area contributed by atoms with Gasteiger partial charge in [0.05, 0.1) is 11.7 Å². The first-order valence-electron chi connectivity index (χ1n) is 6.60. The topological polar surface area (TPSA) is 32.3 Å². The number of benzene rings is 2. The highest BCUT2D eigenvalue weighted by atomic mass is 79.9. The molecule has 0 saturated carbocycles. The van der Waals surface area contributed by atoms with Crippen LogP contribution in [0.3, 0.4) is 0 Å². The molecular weight excluding hydrogens is 340 g/mol. The Morgan fingerprint density at radius 1 is 1.10 bits per heavy atom. The fourth-order valence-corrected chi connectivity index (χ4v) is 2.35. The van der Waals surface area contributed by atoms with Crippen LogP contribution in [0.1, 0.15) is 30.2 Å². The summed E-state index contributed by atoms with van der Waals surface area (Å²) >= 11 is 3.36. The average molecular weight is 356 g/mol.